The Morgan fingerprint density at radius 2 is 1.45 bits per heavy atom. The van der Waals surface area contributed by atoms with Crippen LogP contribution in [-0.4, -0.2) is 136 Å². The van der Waals surface area contributed by atoms with E-state index >= 15 is 0 Å². The van der Waals surface area contributed by atoms with Crippen molar-refractivity contribution in [2.24, 2.45) is 16.5 Å². The molecule has 1 aromatic carbocycles. The predicted molar refractivity (Wildman–Crippen MR) is 218 cm³/mol. The van der Waals surface area contributed by atoms with Gasteiger partial charge in [0.15, 0.2) is 5.96 Å². The zero-order valence-electron chi connectivity index (χ0n) is 31.5. The van der Waals surface area contributed by atoms with Crippen molar-refractivity contribution in [1.82, 2.24) is 42.2 Å². The van der Waals surface area contributed by atoms with Gasteiger partial charge in [0.25, 0.3) is 0 Å². The van der Waals surface area contributed by atoms with E-state index in [2.05, 4.69) is 72.5 Å². The van der Waals surface area contributed by atoms with Crippen LogP contribution in [0.15, 0.2) is 35.5 Å². The molecule has 0 aliphatic carbocycles. The Bertz CT molecular complexity index is 1820. The first-order valence-corrected chi connectivity index (χ1v) is 19.7. The summed E-state index contributed by atoms with van der Waals surface area (Å²) in [5.41, 5.74) is 12.2. The summed E-state index contributed by atoms with van der Waals surface area (Å²) in [6, 6.07) is 0.186. The molecule has 1 aliphatic rings. The van der Waals surface area contributed by atoms with Gasteiger partial charge in [-0.2, -0.15) is 25.3 Å². The number of carboxylic acid groups (broad SMARTS) is 2. The van der Waals surface area contributed by atoms with E-state index in [9.17, 15) is 43.5 Å². The maximum Gasteiger partial charge on any atom is 0.326 e. The number of aromatic nitrogens is 1. The number of carbonyl (C=O) groups excluding carboxylic acids is 6. The van der Waals surface area contributed by atoms with Crippen LogP contribution in [0.3, 0.4) is 0 Å². The lowest BCUT2D eigenvalue weighted by Gasteiger charge is -2.26. The Hall–Kier alpha value is -5.55. The molecule has 0 saturated carbocycles. The van der Waals surface area contributed by atoms with Crippen LogP contribution in [-0.2, 0) is 44.8 Å². The Labute approximate surface area is 344 Å². The molecule has 0 spiro atoms. The molecule has 3 rings (SSSR count). The van der Waals surface area contributed by atoms with Gasteiger partial charge in [-0.25, -0.2) is 4.79 Å². The number of carboxylic acids is 2. The zero-order valence-corrected chi connectivity index (χ0v) is 33.3. The maximum absolute atomic E-state index is 13.9. The smallest absolute Gasteiger partial charge is 0.326 e. The molecule has 0 unspecified atom stereocenters. The lowest BCUT2D eigenvalue weighted by molar-refractivity contribution is -0.143. The van der Waals surface area contributed by atoms with Gasteiger partial charge in [0.1, 0.15) is 30.2 Å². The van der Waals surface area contributed by atoms with Gasteiger partial charge in [0, 0.05) is 48.0 Å². The van der Waals surface area contributed by atoms with Crippen molar-refractivity contribution in [2.45, 2.75) is 81.2 Å². The molecular weight excluding hydrogens is 799 g/mol. The highest BCUT2D eigenvalue weighted by atomic mass is 32.1. The molecule has 1 aromatic heterocycles. The van der Waals surface area contributed by atoms with Gasteiger partial charge in [-0.05, 0) is 50.3 Å². The van der Waals surface area contributed by atoms with Crippen LogP contribution in [0.5, 0.6) is 0 Å². The van der Waals surface area contributed by atoms with Gasteiger partial charge in [0.2, 0.25) is 35.4 Å². The van der Waals surface area contributed by atoms with Crippen molar-refractivity contribution in [3.63, 3.8) is 0 Å². The Morgan fingerprint density at radius 1 is 0.810 bits per heavy atom. The number of H-pyrrole nitrogens is 1. The summed E-state index contributed by atoms with van der Waals surface area (Å²) in [6.07, 6.45) is 2.49. The van der Waals surface area contributed by atoms with Gasteiger partial charge in [-0.15, -0.1) is 0 Å². The first kappa shape index (κ1) is 46.8. The summed E-state index contributed by atoms with van der Waals surface area (Å²) in [4.78, 5) is 109. The van der Waals surface area contributed by atoms with Crippen molar-refractivity contribution in [3.8, 4) is 0 Å². The summed E-state index contributed by atoms with van der Waals surface area (Å²) in [5.74, 6) is -7.81. The molecule has 318 valence electrons. The number of fused-ring (bicyclic) bond motifs is 1. The van der Waals surface area contributed by atoms with Crippen molar-refractivity contribution >= 4 is 89.5 Å². The van der Waals surface area contributed by atoms with Crippen LogP contribution in [0.1, 0.15) is 44.1 Å². The Balaban J connectivity index is 1.75. The summed E-state index contributed by atoms with van der Waals surface area (Å²) in [6.45, 7) is 0.127. The van der Waals surface area contributed by atoms with Crippen molar-refractivity contribution in [3.05, 3.63) is 36.0 Å². The number of nitrogens with one attached hydrogen (secondary N) is 8. The van der Waals surface area contributed by atoms with E-state index in [-0.39, 0.29) is 42.8 Å². The number of carbonyl (C=O) groups is 8. The van der Waals surface area contributed by atoms with Gasteiger partial charge in [0.05, 0.1) is 12.6 Å². The molecule has 14 N–H and O–H groups in total. The number of rotatable bonds is 24. The van der Waals surface area contributed by atoms with Crippen molar-refractivity contribution < 1.29 is 48.6 Å². The van der Waals surface area contributed by atoms with Gasteiger partial charge in [-0.3, -0.25) is 38.6 Å². The molecule has 6 atom stereocenters. The molecule has 6 amide bonds. The lowest BCUT2D eigenvalue weighted by atomic mass is 10.0. The third-order valence-electron chi connectivity index (χ3n) is 9.02. The van der Waals surface area contributed by atoms with Crippen LogP contribution in [0.4, 0.5) is 0 Å². The number of benzene rings is 1. The highest BCUT2D eigenvalue weighted by Gasteiger charge is 2.33. The van der Waals surface area contributed by atoms with Gasteiger partial charge < -0.3 is 63.9 Å². The molecule has 21 nitrogen and oxygen atoms in total. The van der Waals surface area contributed by atoms with Gasteiger partial charge in [-0.1, -0.05) is 18.2 Å². The van der Waals surface area contributed by atoms with Crippen LogP contribution in [0.25, 0.3) is 10.9 Å². The minimum atomic E-state index is -1.52. The van der Waals surface area contributed by atoms with Crippen LogP contribution in [0, 0.1) is 0 Å². The number of hydrogen-bond donors (Lipinski definition) is 14. The molecule has 23 heteroatoms. The average molecular weight is 850 g/mol. The second kappa shape index (κ2) is 23.6. The number of thiol groups is 2. The SMILES string of the molecule is NC(N)=NCCC[C@H](NC(=O)[C@@H]1CCCN1)C(=O)N[C@@H](CS)C(=O)N[C@@H](Cc1c[nH]c2ccccc12)C(=O)N[C@@H](CS)C(=O)NCC(=O)N[C@@H](CCC(=O)O)C(=O)O. The third-order valence-corrected chi connectivity index (χ3v) is 9.75. The van der Waals surface area contributed by atoms with Gasteiger partial charge >= 0.3 is 11.9 Å². The van der Waals surface area contributed by atoms with E-state index in [4.69, 9.17) is 16.6 Å². The molecule has 0 bridgehead atoms. The van der Waals surface area contributed by atoms with Crippen LogP contribution >= 0.6 is 25.3 Å². The van der Waals surface area contributed by atoms with Crippen LogP contribution in [0.2, 0.25) is 0 Å². The molecule has 2 aromatic rings. The third kappa shape index (κ3) is 15.1. The second-order valence-electron chi connectivity index (χ2n) is 13.4. The predicted octanol–water partition coefficient (Wildman–Crippen LogP) is -3.13. The first-order valence-electron chi connectivity index (χ1n) is 18.4. The van der Waals surface area contributed by atoms with E-state index in [0.29, 0.717) is 24.9 Å². The minimum Gasteiger partial charge on any atom is -0.481 e. The highest BCUT2D eigenvalue weighted by molar-refractivity contribution is 7.80. The zero-order chi connectivity index (χ0) is 42.8. The van der Waals surface area contributed by atoms with E-state index < -0.39 is 97.1 Å². The number of hydrogen-bond acceptors (Lipinski definition) is 12. The van der Waals surface area contributed by atoms with Crippen LogP contribution < -0.4 is 48.7 Å². The monoisotopic (exact) mass is 849 g/mol. The summed E-state index contributed by atoms with van der Waals surface area (Å²) in [5, 5.41) is 36.9. The van der Waals surface area contributed by atoms with E-state index in [1.807, 2.05) is 18.2 Å². The lowest BCUT2D eigenvalue weighted by Crippen LogP contribution is -2.60. The molecule has 58 heavy (non-hydrogen) atoms. The topological polar surface area (TPSA) is 341 Å². The van der Waals surface area contributed by atoms with Crippen molar-refractivity contribution in [1.29, 1.82) is 0 Å². The highest BCUT2D eigenvalue weighted by Crippen LogP contribution is 2.19. The maximum atomic E-state index is 13.9. The number of aliphatic imine (C=N–C) groups is 1. The molecule has 1 saturated heterocycles. The van der Waals surface area contributed by atoms with Crippen molar-refractivity contribution in [2.75, 3.05) is 31.1 Å². The molecule has 0 radical (unpaired) electrons. The fourth-order valence-electron chi connectivity index (χ4n) is 5.95. The summed E-state index contributed by atoms with van der Waals surface area (Å²) < 4.78 is 0. The number of aromatic amines is 1. The Kier molecular flexibility index (Phi) is 19.1. The molecule has 1 fully saturated rings. The quantitative estimate of drug-likeness (QED) is 0.0215. The molecule has 2 heterocycles. The first-order chi connectivity index (χ1) is 27.6. The number of guanidine groups is 1. The number of amides is 6. The standard InChI is InChI=1S/C35H51N11O10S2/c36-35(37)39-12-4-8-22(43-30(51)21-7-3-11-38-21)31(52)46-26(17-58)33(54)44-24(13-18-14-40-20-6-2-1-5-19(18)20)32(53)45-25(16-57)29(50)41-15-27(47)42-23(34(55)56)9-10-28(48)49/h1-2,5-6,14,21-26,38,40,57-58H,3-4,7-13,15-17H2,(H,41,50)(H,42,47)(H,43,51)(H,44,54)(H,45,53)(H,46,52)(H,48,49)(H,55,56)(H4,36,37,39)/t21-,22-,23-,24-,25-,26-/m0/s1. The van der Waals surface area contributed by atoms with E-state index in [1.165, 1.54) is 0 Å². The largest absolute Gasteiger partial charge is 0.481 e. The normalized spacial score (nSPS) is 16.1. The van der Waals surface area contributed by atoms with E-state index in [0.717, 1.165) is 17.3 Å². The number of nitrogens with two attached hydrogens (primary N) is 2. The second-order valence-corrected chi connectivity index (χ2v) is 14.1. The van der Waals surface area contributed by atoms with E-state index in [1.54, 1.807) is 12.3 Å². The Morgan fingerprint density at radius 3 is 2.07 bits per heavy atom. The fraction of sp³-hybridized carbons (Fsp3) is 0.514. The number of nitrogens with zero attached hydrogens (tertiary/aromatic N) is 1. The fourth-order valence-corrected chi connectivity index (χ4v) is 6.46. The number of aliphatic carboxylic acids is 2. The minimum absolute atomic E-state index is 0.0804. The molecule has 1 aliphatic heterocycles. The molecular formula is C35H51N11O10S2. The summed E-state index contributed by atoms with van der Waals surface area (Å²) >= 11 is 8.43. The number of para-hydroxylation sites is 1. The summed E-state index contributed by atoms with van der Waals surface area (Å²) in [7, 11) is 0. The average Bonchev–Trinajstić information content (AvgIpc) is 3.88.